The number of hydrogen-bond acceptors (Lipinski definition) is 13. The van der Waals surface area contributed by atoms with Gasteiger partial charge >= 0.3 is 0 Å². The Bertz CT molecular complexity index is 2920. The maximum absolute atomic E-state index is 14.1. The summed E-state index contributed by atoms with van der Waals surface area (Å²) < 4.78 is 25.6. The predicted octanol–water partition coefficient (Wildman–Crippen LogP) is 5.60. The van der Waals surface area contributed by atoms with Crippen molar-refractivity contribution in [3.8, 4) is 21.7 Å². The first-order chi connectivity index (χ1) is 32.9. The third kappa shape index (κ3) is 11.6. The van der Waals surface area contributed by atoms with Crippen LogP contribution in [-0.2, 0) is 35.6 Å². The number of aliphatic hydroxyl groups excluding tert-OH is 1. The average molecular weight is 975 g/mol. The van der Waals surface area contributed by atoms with E-state index in [0.29, 0.717) is 44.2 Å². The highest BCUT2D eigenvalue weighted by Crippen LogP contribution is 2.30. The summed E-state index contributed by atoms with van der Waals surface area (Å²) in [5.74, 6) is -0.804. The van der Waals surface area contributed by atoms with Gasteiger partial charge in [-0.3, -0.25) is 19.2 Å². The highest BCUT2D eigenvalue weighted by molar-refractivity contribution is 7.90. The van der Waals surface area contributed by atoms with Crippen molar-refractivity contribution in [2.24, 2.45) is 5.41 Å². The van der Waals surface area contributed by atoms with Gasteiger partial charge in [-0.1, -0.05) is 63.2 Å². The van der Waals surface area contributed by atoms with Gasteiger partial charge in [-0.25, -0.2) is 17.9 Å². The Morgan fingerprint density at radius 2 is 1.58 bits per heavy atom. The second-order valence-corrected chi connectivity index (χ2v) is 21.6. The van der Waals surface area contributed by atoms with Gasteiger partial charge in [0.2, 0.25) is 29.6 Å². The number of piperazine rings is 1. The molecule has 0 spiro atoms. The Hall–Kier alpha value is -6.70. The van der Waals surface area contributed by atoms with Crippen LogP contribution in [0.15, 0.2) is 101 Å². The number of fused-ring (bicyclic) bond motifs is 1. The fraction of sp³-hybridized carbons (Fsp3) is 0.380. The topological polar surface area (TPSA) is 212 Å². The summed E-state index contributed by atoms with van der Waals surface area (Å²) in [5, 5.41) is 24.4. The Labute approximate surface area is 405 Å². The molecule has 19 heteroatoms. The van der Waals surface area contributed by atoms with Crippen LogP contribution in [0.2, 0.25) is 0 Å². The molecule has 2 aliphatic rings. The molecule has 0 saturated carbocycles. The summed E-state index contributed by atoms with van der Waals surface area (Å²) in [6.07, 6.45) is 0.930. The molecule has 6 aromatic rings. The third-order valence-corrected chi connectivity index (χ3v) is 14.7. The molecule has 362 valence electrons. The maximum Gasteiger partial charge on any atom is 0.247 e. The van der Waals surface area contributed by atoms with E-state index in [-0.39, 0.29) is 55.0 Å². The van der Waals surface area contributed by atoms with E-state index in [1.807, 2.05) is 105 Å². The number of amides is 4. The summed E-state index contributed by atoms with van der Waals surface area (Å²) in [5.41, 5.74) is 8.00. The monoisotopic (exact) mass is 974 g/mol. The summed E-state index contributed by atoms with van der Waals surface area (Å²) in [6, 6.07) is 26.2. The number of benzene rings is 3. The standard InChI is InChI=1S/C50H58N10O7S2/c1-32-45(68-31-52-32)35-14-12-33(13-15-35)29-51-47(64)41-28-38(61)30-59(41)48(65)46(50(2,3)4)55-43(62)10-7-11-44(63)58-26-24-57(25-27-58)37-20-18-36(19-21-37)53-49-54-42-9-6-8-40(60(42)56-49)34-16-22-39(23-17-34)69(5,66)67/h6,8-9,12-23,31,38,41,46,61H,7,10-11,24-30H2,1-5H3,(H,51,64)(H,53,56)(H,55,62)/t38-,41+,46-/m1/s1. The number of sulfone groups is 1. The smallest absolute Gasteiger partial charge is 0.247 e. The summed E-state index contributed by atoms with van der Waals surface area (Å²) in [6.45, 7) is 10.1. The number of carbonyl (C=O) groups excluding carboxylic acids is 4. The van der Waals surface area contributed by atoms with E-state index in [4.69, 9.17) is 0 Å². The number of hydrogen-bond donors (Lipinski definition) is 4. The molecule has 2 fully saturated rings. The van der Waals surface area contributed by atoms with Crippen molar-refractivity contribution in [3.05, 3.63) is 108 Å². The van der Waals surface area contributed by atoms with Gasteiger partial charge in [0.25, 0.3) is 0 Å². The zero-order valence-corrected chi connectivity index (χ0v) is 41.0. The van der Waals surface area contributed by atoms with Crippen molar-refractivity contribution < 1.29 is 32.7 Å². The Morgan fingerprint density at radius 3 is 2.23 bits per heavy atom. The minimum absolute atomic E-state index is 0.0216. The second kappa shape index (κ2) is 20.5. The van der Waals surface area contributed by atoms with Gasteiger partial charge in [-0.2, -0.15) is 4.98 Å². The van der Waals surface area contributed by atoms with Crippen LogP contribution >= 0.6 is 11.3 Å². The molecule has 2 saturated heterocycles. The van der Waals surface area contributed by atoms with E-state index in [9.17, 15) is 32.7 Å². The first-order valence-corrected chi connectivity index (χ1v) is 25.8. The number of anilines is 3. The number of nitrogens with one attached hydrogen (secondary N) is 3. The molecule has 69 heavy (non-hydrogen) atoms. The summed E-state index contributed by atoms with van der Waals surface area (Å²) in [4.78, 5) is 69.9. The van der Waals surface area contributed by atoms with Crippen LogP contribution in [0.3, 0.4) is 0 Å². The molecular formula is C50H58N10O7S2. The van der Waals surface area contributed by atoms with Crippen LogP contribution in [0.1, 0.15) is 57.7 Å². The third-order valence-electron chi connectivity index (χ3n) is 12.6. The number of aliphatic hydroxyl groups is 1. The first-order valence-electron chi connectivity index (χ1n) is 23.0. The molecule has 0 radical (unpaired) electrons. The van der Waals surface area contributed by atoms with Gasteiger partial charge in [-0.05, 0) is 78.4 Å². The number of aromatic nitrogens is 4. The molecule has 3 aromatic heterocycles. The van der Waals surface area contributed by atoms with Gasteiger partial charge in [-0.15, -0.1) is 16.4 Å². The van der Waals surface area contributed by atoms with E-state index in [1.54, 1.807) is 40.1 Å². The van der Waals surface area contributed by atoms with Crippen LogP contribution in [0.4, 0.5) is 17.3 Å². The van der Waals surface area contributed by atoms with Crippen LogP contribution in [0, 0.1) is 12.3 Å². The van der Waals surface area contributed by atoms with Gasteiger partial charge < -0.3 is 35.8 Å². The van der Waals surface area contributed by atoms with Crippen LogP contribution in [0.5, 0.6) is 0 Å². The molecule has 5 heterocycles. The Morgan fingerprint density at radius 1 is 0.884 bits per heavy atom. The lowest BCUT2D eigenvalue weighted by molar-refractivity contribution is -0.144. The van der Waals surface area contributed by atoms with Crippen molar-refractivity contribution in [2.75, 3.05) is 49.2 Å². The number of β-amino-alcohol motifs (C(OH)–C–C–N with tert-alkyl or cyclic N) is 1. The minimum atomic E-state index is -3.32. The zero-order valence-electron chi connectivity index (χ0n) is 39.4. The maximum atomic E-state index is 14.1. The first kappa shape index (κ1) is 48.7. The SMILES string of the molecule is Cc1ncsc1-c1ccc(CNC(=O)[C@@H]2C[C@@H](O)CN2C(=O)[C@@H](NC(=O)CCCC(=O)N2CCN(c3ccc(Nc4nc5cccc(-c6ccc(S(C)(=O)=O)cc6)n5n4)cc3)CC2)C(C)(C)C)cc1. The van der Waals surface area contributed by atoms with Gasteiger partial charge in [0.15, 0.2) is 15.5 Å². The van der Waals surface area contributed by atoms with Gasteiger partial charge in [0.05, 0.1) is 32.8 Å². The van der Waals surface area contributed by atoms with E-state index in [2.05, 4.69) is 35.9 Å². The van der Waals surface area contributed by atoms with Crippen LogP contribution < -0.4 is 20.9 Å². The van der Waals surface area contributed by atoms with Gasteiger partial charge in [0.1, 0.15) is 12.1 Å². The lowest BCUT2D eigenvalue weighted by Crippen LogP contribution is -2.57. The summed E-state index contributed by atoms with van der Waals surface area (Å²) in [7, 11) is -3.32. The van der Waals surface area contributed by atoms with E-state index in [0.717, 1.165) is 44.3 Å². The van der Waals surface area contributed by atoms with E-state index < -0.39 is 39.3 Å². The lowest BCUT2D eigenvalue weighted by atomic mass is 9.85. The quantitative estimate of drug-likeness (QED) is 0.0991. The van der Waals surface area contributed by atoms with E-state index in [1.165, 1.54) is 11.2 Å². The number of carbonyl (C=O) groups is 4. The van der Waals surface area contributed by atoms with Crippen molar-refractivity contribution in [1.29, 1.82) is 0 Å². The molecule has 4 N–H and O–H groups in total. The van der Waals surface area contributed by atoms with E-state index >= 15 is 0 Å². The molecule has 0 bridgehead atoms. The molecule has 3 atom stereocenters. The highest BCUT2D eigenvalue weighted by atomic mass is 32.2. The van der Waals surface area contributed by atoms with Crippen molar-refractivity contribution in [3.63, 3.8) is 0 Å². The number of pyridine rings is 1. The molecule has 2 aliphatic heterocycles. The van der Waals surface area contributed by atoms with Crippen molar-refractivity contribution in [1.82, 2.24) is 40.0 Å². The van der Waals surface area contributed by atoms with Crippen LogP contribution in [-0.4, -0.2) is 124 Å². The number of aryl methyl sites for hydroxylation is 1. The zero-order chi connectivity index (χ0) is 49.0. The number of thiazole rings is 1. The Balaban J connectivity index is 0.781. The number of likely N-dealkylation sites (tertiary alicyclic amines) is 1. The molecule has 0 aliphatic carbocycles. The highest BCUT2D eigenvalue weighted by Gasteiger charge is 2.44. The lowest BCUT2D eigenvalue weighted by Gasteiger charge is -2.36. The molecule has 8 rings (SSSR count). The largest absolute Gasteiger partial charge is 0.391 e. The number of rotatable bonds is 15. The predicted molar refractivity (Wildman–Crippen MR) is 266 cm³/mol. The fourth-order valence-corrected chi connectivity index (χ4v) is 10.2. The molecule has 4 amide bonds. The van der Waals surface area contributed by atoms with Gasteiger partial charge in [0, 0.05) is 81.7 Å². The average Bonchev–Trinajstić information content (AvgIpc) is 4.07. The van der Waals surface area contributed by atoms with Crippen molar-refractivity contribution >= 4 is 67.8 Å². The normalized spacial score (nSPS) is 16.9. The fourth-order valence-electron chi connectivity index (χ4n) is 8.72. The molecule has 3 aromatic carbocycles. The Kier molecular flexibility index (Phi) is 14.5. The van der Waals surface area contributed by atoms with Crippen LogP contribution in [0.25, 0.3) is 27.3 Å². The number of nitrogens with zero attached hydrogens (tertiary/aromatic N) is 7. The molecule has 17 nitrogen and oxygen atoms in total. The summed E-state index contributed by atoms with van der Waals surface area (Å²) >= 11 is 1.57. The minimum Gasteiger partial charge on any atom is -0.391 e. The second-order valence-electron chi connectivity index (χ2n) is 18.8. The molecule has 0 unspecified atom stereocenters. The molecular weight excluding hydrogens is 917 g/mol. The van der Waals surface area contributed by atoms with Crippen molar-refractivity contribution in [2.45, 2.75) is 83.0 Å².